The van der Waals surface area contributed by atoms with Crippen LogP contribution in [0.1, 0.15) is 43.9 Å². The lowest BCUT2D eigenvalue weighted by atomic mass is 9.99. The van der Waals surface area contributed by atoms with Crippen molar-refractivity contribution in [2.75, 3.05) is 32.6 Å². The lowest BCUT2D eigenvalue weighted by molar-refractivity contribution is 0.0794. The highest BCUT2D eigenvalue weighted by Crippen LogP contribution is 2.34. The van der Waals surface area contributed by atoms with Crippen LogP contribution in [-0.4, -0.2) is 43.3 Å². The number of aryl methyl sites for hydroxylation is 1. The summed E-state index contributed by atoms with van der Waals surface area (Å²) in [6.07, 6.45) is 4.34. The van der Waals surface area contributed by atoms with E-state index in [1.54, 1.807) is 0 Å². The summed E-state index contributed by atoms with van der Waals surface area (Å²) < 4.78 is 5.74. The van der Waals surface area contributed by atoms with E-state index < -0.39 is 0 Å². The van der Waals surface area contributed by atoms with Crippen LogP contribution in [0.25, 0.3) is 0 Å². The zero-order valence-corrected chi connectivity index (χ0v) is 16.2. The van der Waals surface area contributed by atoms with Gasteiger partial charge in [-0.15, -0.1) is 0 Å². The Bertz CT molecular complexity index is 541. The number of hydrogen-bond donors (Lipinski definition) is 2. The molecule has 2 rings (SSSR count). The Morgan fingerprint density at radius 3 is 2.67 bits per heavy atom. The molecule has 5 heteroatoms. The number of nitrogens with zero attached hydrogens (tertiary/aromatic N) is 1. The van der Waals surface area contributed by atoms with Crippen LogP contribution in [0.15, 0.2) is 29.3 Å². The molecule has 1 fully saturated rings. The molecular weight excluding hydrogens is 318 g/mol. The number of thioether (sulfide) groups is 1. The number of benzene rings is 1. The van der Waals surface area contributed by atoms with E-state index in [0.717, 1.165) is 45.1 Å². The second kappa shape index (κ2) is 9.33. The SMILES string of the molecule is CCNC(=NCC1(SC)CCOCC1)NC(C)c1ccccc1C. The first kappa shape index (κ1) is 19.1. The molecule has 1 aromatic rings. The van der Waals surface area contributed by atoms with Crippen LogP contribution >= 0.6 is 11.8 Å². The van der Waals surface area contributed by atoms with Crippen molar-refractivity contribution in [3.05, 3.63) is 35.4 Å². The third-order valence-corrected chi connectivity index (χ3v) is 6.12. The Kier molecular flexibility index (Phi) is 7.43. The lowest BCUT2D eigenvalue weighted by Crippen LogP contribution is -2.41. The smallest absolute Gasteiger partial charge is 0.191 e. The van der Waals surface area contributed by atoms with Gasteiger partial charge in [-0.1, -0.05) is 24.3 Å². The van der Waals surface area contributed by atoms with Crippen LogP contribution in [0.3, 0.4) is 0 Å². The van der Waals surface area contributed by atoms with Crippen molar-refractivity contribution in [2.45, 2.75) is 44.4 Å². The van der Waals surface area contributed by atoms with Gasteiger partial charge in [-0.05, 0) is 51.0 Å². The topological polar surface area (TPSA) is 45.7 Å². The van der Waals surface area contributed by atoms with Gasteiger partial charge in [0, 0.05) is 24.5 Å². The van der Waals surface area contributed by atoms with Gasteiger partial charge in [0.2, 0.25) is 0 Å². The van der Waals surface area contributed by atoms with Gasteiger partial charge >= 0.3 is 0 Å². The Balaban J connectivity index is 2.06. The average molecular weight is 350 g/mol. The maximum Gasteiger partial charge on any atom is 0.191 e. The minimum Gasteiger partial charge on any atom is -0.381 e. The van der Waals surface area contributed by atoms with Crippen LogP contribution < -0.4 is 10.6 Å². The van der Waals surface area contributed by atoms with Crippen molar-refractivity contribution in [3.8, 4) is 0 Å². The molecule has 4 nitrogen and oxygen atoms in total. The van der Waals surface area contributed by atoms with E-state index in [2.05, 4.69) is 61.9 Å². The quantitative estimate of drug-likeness (QED) is 0.609. The zero-order valence-electron chi connectivity index (χ0n) is 15.4. The molecule has 1 atom stereocenters. The first-order chi connectivity index (χ1) is 11.6. The monoisotopic (exact) mass is 349 g/mol. The molecule has 1 saturated heterocycles. The van der Waals surface area contributed by atoms with Gasteiger partial charge in [-0.2, -0.15) is 11.8 Å². The molecule has 0 amide bonds. The van der Waals surface area contributed by atoms with Gasteiger partial charge in [-0.25, -0.2) is 0 Å². The molecule has 0 spiro atoms. The molecule has 0 bridgehead atoms. The molecule has 1 heterocycles. The standard InChI is InChI=1S/C19H31N3OS/c1-5-20-18(21-14-19(24-4)10-12-23-13-11-19)22-16(3)17-9-7-6-8-15(17)2/h6-9,16H,5,10-14H2,1-4H3,(H2,20,21,22). The molecule has 134 valence electrons. The number of hydrogen-bond acceptors (Lipinski definition) is 3. The molecule has 2 N–H and O–H groups in total. The third kappa shape index (κ3) is 5.15. The minimum absolute atomic E-state index is 0.215. The summed E-state index contributed by atoms with van der Waals surface area (Å²) in [6.45, 7) is 9.83. The van der Waals surface area contributed by atoms with Gasteiger partial charge < -0.3 is 15.4 Å². The van der Waals surface area contributed by atoms with E-state index in [4.69, 9.17) is 9.73 Å². The van der Waals surface area contributed by atoms with E-state index in [1.165, 1.54) is 11.1 Å². The molecule has 0 aliphatic carbocycles. The van der Waals surface area contributed by atoms with Crippen LogP contribution in [0.2, 0.25) is 0 Å². The van der Waals surface area contributed by atoms with Crippen molar-refractivity contribution in [1.82, 2.24) is 10.6 Å². The molecular formula is C19H31N3OS. The van der Waals surface area contributed by atoms with Gasteiger partial charge in [0.05, 0.1) is 12.6 Å². The zero-order chi connectivity index (χ0) is 17.4. The highest BCUT2D eigenvalue weighted by atomic mass is 32.2. The molecule has 0 aromatic heterocycles. The highest BCUT2D eigenvalue weighted by molar-refractivity contribution is 8.00. The van der Waals surface area contributed by atoms with Crippen LogP contribution in [0.5, 0.6) is 0 Å². The molecule has 24 heavy (non-hydrogen) atoms. The third-order valence-electron chi connectivity index (χ3n) is 4.71. The Labute approximate surface area is 150 Å². The summed E-state index contributed by atoms with van der Waals surface area (Å²) in [5.41, 5.74) is 2.62. The molecule has 0 saturated carbocycles. The first-order valence-electron chi connectivity index (χ1n) is 8.83. The number of guanidine groups is 1. The summed E-state index contributed by atoms with van der Waals surface area (Å²) >= 11 is 1.93. The van der Waals surface area contributed by atoms with E-state index in [0.29, 0.717) is 0 Å². The average Bonchev–Trinajstić information content (AvgIpc) is 2.61. The van der Waals surface area contributed by atoms with Crippen molar-refractivity contribution < 1.29 is 4.74 Å². The van der Waals surface area contributed by atoms with Crippen molar-refractivity contribution in [1.29, 1.82) is 0 Å². The van der Waals surface area contributed by atoms with Gasteiger partial charge in [0.15, 0.2) is 5.96 Å². The molecule has 1 aliphatic heterocycles. The van der Waals surface area contributed by atoms with Crippen molar-refractivity contribution in [2.24, 2.45) is 4.99 Å². The summed E-state index contributed by atoms with van der Waals surface area (Å²) in [6, 6.07) is 8.73. The second-order valence-corrected chi connectivity index (χ2v) is 7.69. The summed E-state index contributed by atoms with van der Waals surface area (Å²) in [7, 11) is 0. The summed E-state index contributed by atoms with van der Waals surface area (Å²) in [5, 5.41) is 6.94. The first-order valence-corrected chi connectivity index (χ1v) is 10.1. The summed E-state index contributed by atoms with van der Waals surface area (Å²) in [4.78, 5) is 4.89. The number of rotatable bonds is 6. The predicted octanol–water partition coefficient (Wildman–Crippen LogP) is 3.52. The lowest BCUT2D eigenvalue weighted by Gasteiger charge is -2.34. The van der Waals surface area contributed by atoms with Crippen LogP contribution in [0.4, 0.5) is 0 Å². The number of ether oxygens (including phenoxy) is 1. The molecule has 1 aromatic carbocycles. The van der Waals surface area contributed by atoms with E-state index in [9.17, 15) is 0 Å². The highest BCUT2D eigenvalue weighted by Gasteiger charge is 2.31. The number of aliphatic imine (C=N–C) groups is 1. The summed E-state index contributed by atoms with van der Waals surface area (Å²) in [5.74, 6) is 0.896. The Morgan fingerprint density at radius 1 is 1.33 bits per heavy atom. The van der Waals surface area contributed by atoms with E-state index in [1.807, 2.05) is 11.8 Å². The van der Waals surface area contributed by atoms with Crippen LogP contribution in [0, 0.1) is 6.92 Å². The fraction of sp³-hybridized carbons (Fsp3) is 0.632. The molecule has 1 unspecified atom stereocenters. The van der Waals surface area contributed by atoms with Gasteiger partial charge in [0.1, 0.15) is 0 Å². The van der Waals surface area contributed by atoms with Crippen LogP contribution in [-0.2, 0) is 4.74 Å². The molecule has 1 aliphatic rings. The Hall–Kier alpha value is -1.20. The Morgan fingerprint density at radius 2 is 2.04 bits per heavy atom. The largest absolute Gasteiger partial charge is 0.381 e. The van der Waals surface area contributed by atoms with E-state index in [-0.39, 0.29) is 10.8 Å². The second-order valence-electron chi connectivity index (χ2n) is 6.42. The van der Waals surface area contributed by atoms with E-state index >= 15 is 0 Å². The maximum atomic E-state index is 5.52. The predicted molar refractivity (Wildman–Crippen MR) is 105 cm³/mol. The minimum atomic E-state index is 0.215. The van der Waals surface area contributed by atoms with Gasteiger partial charge in [0.25, 0.3) is 0 Å². The molecule has 0 radical (unpaired) electrons. The number of nitrogens with one attached hydrogen (secondary N) is 2. The van der Waals surface area contributed by atoms with Crippen molar-refractivity contribution in [3.63, 3.8) is 0 Å². The van der Waals surface area contributed by atoms with Crippen molar-refractivity contribution >= 4 is 17.7 Å². The van der Waals surface area contributed by atoms with Gasteiger partial charge in [-0.3, -0.25) is 4.99 Å². The fourth-order valence-electron chi connectivity index (χ4n) is 3.07. The maximum absolute atomic E-state index is 5.52. The fourth-order valence-corrected chi connectivity index (χ4v) is 3.84. The normalized spacial score (nSPS) is 18.9.